The van der Waals surface area contributed by atoms with E-state index in [-0.39, 0.29) is 22.3 Å². The van der Waals surface area contributed by atoms with E-state index in [0.717, 1.165) is 29.8 Å². The second kappa shape index (κ2) is 5.95. The van der Waals surface area contributed by atoms with Crippen molar-refractivity contribution in [2.75, 3.05) is 0 Å². The lowest BCUT2D eigenvalue weighted by Crippen LogP contribution is -2.19. The molecule has 0 aliphatic carbocycles. The molecule has 2 aromatic rings. The summed E-state index contributed by atoms with van der Waals surface area (Å²) in [7, 11) is 0. The molecule has 3 heteroatoms. The SMILES string of the molecule is CCC(C)(C)c1cc(-c2cc(O)ccc2O)c(C(C)(C)CC)[nH]1. The maximum absolute atomic E-state index is 10.3. The second-order valence-electron chi connectivity index (χ2n) is 7.65. The van der Waals surface area contributed by atoms with E-state index in [9.17, 15) is 10.2 Å². The van der Waals surface area contributed by atoms with Crippen LogP contribution in [0.15, 0.2) is 24.3 Å². The van der Waals surface area contributed by atoms with E-state index in [1.54, 1.807) is 12.1 Å². The first-order valence-corrected chi connectivity index (χ1v) is 8.38. The quantitative estimate of drug-likeness (QED) is 0.641. The standard InChI is InChI=1S/C20H29NO2/c1-7-19(3,4)17-12-15(18(21-17)20(5,6)8-2)14-11-13(22)9-10-16(14)23/h9-12,21-23H,7-8H2,1-6H3. The molecule has 23 heavy (non-hydrogen) atoms. The average molecular weight is 315 g/mol. The van der Waals surface area contributed by atoms with Crippen molar-refractivity contribution in [2.24, 2.45) is 0 Å². The second-order valence-corrected chi connectivity index (χ2v) is 7.65. The summed E-state index contributed by atoms with van der Waals surface area (Å²) in [6.45, 7) is 13.2. The predicted octanol–water partition coefficient (Wildman–Crippen LogP) is 5.47. The fourth-order valence-corrected chi connectivity index (χ4v) is 2.67. The van der Waals surface area contributed by atoms with Crippen molar-refractivity contribution < 1.29 is 10.2 Å². The van der Waals surface area contributed by atoms with Crippen LogP contribution in [0.3, 0.4) is 0 Å². The number of phenols is 2. The van der Waals surface area contributed by atoms with Gasteiger partial charge >= 0.3 is 0 Å². The molecule has 0 atom stereocenters. The van der Waals surface area contributed by atoms with Gasteiger partial charge in [0.2, 0.25) is 0 Å². The van der Waals surface area contributed by atoms with Crippen LogP contribution >= 0.6 is 0 Å². The smallest absolute Gasteiger partial charge is 0.123 e. The minimum atomic E-state index is -0.0463. The van der Waals surface area contributed by atoms with Crippen molar-refractivity contribution in [3.63, 3.8) is 0 Å². The van der Waals surface area contributed by atoms with Crippen LogP contribution in [0, 0.1) is 0 Å². The van der Waals surface area contributed by atoms with Crippen molar-refractivity contribution in [1.29, 1.82) is 0 Å². The summed E-state index contributed by atoms with van der Waals surface area (Å²) in [6, 6.07) is 6.82. The van der Waals surface area contributed by atoms with E-state index in [4.69, 9.17) is 0 Å². The molecule has 1 heterocycles. The molecule has 1 aromatic heterocycles. The Morgan fingerprint density at radius 2 is 1.48 bits per heavy atom. The minimum absolute atomic E-state index is 0.0310. The van der Waals surface area contributed by atoms with E-state index in [1.807, 2.05) is 0 Å². The van der Waals surface area contributed by atoms with Gasteiger partial charge in [0.25, 0.3) is 0 Å². The Labute approximate surface area is 139 Å². The van der Waals surface area contributed by atoms with Crippen LogP contribution in [0.25, 0.3) is 11.1 Å². The number of nitrogens with one attached hydrogen (secondary N) is 1. The van der Waals surface area contributed by atoms with Gasteiger partial charge in [0, 0.05) is 33.3 Å². The van der Waals surface area contributed by atoms with Crippen LogP contribution in [0.2, 0.25) is 0 Å². The van der Waals surface area contributed by atoms with Gasteiger partial charge in [0.1, 0.15) is 11.5 Å². The molecule has 0 aliphatic rings. The summed E-state index contributed by atoms with van der Waals surface area (Å²) < 4.78 is 0. The van der Waals surface area contributed by atoms with E-state index < -0.39 is 0 Å². The zero-order valence-corrected chi connectivity index (χ0v) is 15.1. The number of aromatic amines is 1. The predicted molar refractivity (Wildman–Crippen MR) is 96.2 cm³/mol. The highest BCUT2D eigenvalue weighted by molar-refractivity contribution is 5.75. The van der Waals surface area contributed by atoms with Crippen molar-refractivity contribution >= 4 is 0 Å². The molecule has 0 saturated carbocycles. The summed E-state index contributed by atoms with van der Waals surface area (Å²) in [5.41, 5.74) is 3.91. The Hall–Kier alpha value is -1.90. The first kappa shape index (κ1) is 17.5. The summed E-state index contributed by atoms with van der Waals surface area (Å²) in [6.07, 6.45) is 2.00. The number of phenolic OH excluding ortho intramolecular Hbond substituents is 2. The number of hydrogen-bond acceptors (Lipinski definition) is 2. The van der Waals surface area contributed by atoms with Crippen molar-refractivity contribution in [3.8, 4) is 22.6 Å². The van der Waals surface area contributed by atoms with Crippen LogP contribution in [0.1, 0.15) is 65.8 Å². The molecule has 0 spiro atoms. The van der Waals surface area contributed by atoms with Gasteiger partial charge in [-0.2, -0.15) is 0 Å². The van der Waals surface area contributed by atoms with Gasteiger partial charge in [-0.25, -0.2) is 0 Å². The van der Waals surface area contributed by atoms with Crippen LogP contribution < -0.4 is 0 Å². The highest BCUT2D eigenvalue weighted by atomic mass is 16.3. The van der Waals surface area contributed by atoms with Crippen LogP contribution in [0.4, 0.5) is 0 Å². The van der Waals surface area contributed by atoms with E-state index in [1.165, 1.54) is 6.07 Å². The fraction of sp³-hybridized carbons (Fsp3) is 0.500. The molecule has 126 valence electrons. The maximum atomic E-state index is 10.3. The van der Waals surface area contributed by atoms with Gasteiger partial charge < -0.3 is 15.2 Å². The molecule has 0 amide bonds. The topological polar surface area (TPSA) is 56.2 Å². The van der Waals surface area contributed by atoms with Crippen LogP contribution in [0.5, 0.6) is 11.5 Å². The lowest BCUT2D eigenvalue weighted by Gasteiger charge is -2.25. The lowest BCUT2D eigenvalue weighted by molar-refractivity contribution is 0.460. The minimum Gasteiger partial charge on any atom is -0.508 e. The highest BCUT2D eigenvalue weighted by Gasteiger charge is 2.29. The molecule has 0 fully saturated rings. The number of H-pyrrole nitrogens is 1. The third-order valence-electron chi connectivity index (χ3n) is 5.26. The summed E-state index contributed by atoms with van der Waals surface area (Å²) in [5.74, 6) is 0.353. The number of aromatic nitrogens is 1. The maximum Gasteiger partial charge on any atom is 0.123 e. The molecular weight excluding hydrogens is 286 g/mol. The normalized spacial score (nSPS) is 12.6. The van der Waals surface area contributed by atoms with E-state index in [0.29, 0.717) is 5.56 Å². The Bertz CT molecular complexity index is 696. The average Bonchev–Trinajstić information content (AvgIpc) is 2.96. The molecule has 0 unspecified atom stereocenters. The molecule has 0 aliphatic heterocycles. The van der Waals surface area contributed by atoms with E-state index in [2.05, 4.69) is 52.6 Å². The molecule has 0 radical (unpaired) electrons. The van der Waals surface area contributed by atoms with Crippen molar-refractivity contribution in [3.05, 3.63) is 35.7 Å². The lowest BCUT2D eigenvalue weighted by atomic mass is 9.82. The van der Waals surface area contributed by atoms with Crippen molar-refractivity contribution in [2.45, 2.75) is 65.2 Å². The van der Waals surface area contributed by atoms with Crippen molar-refractivity contribution in [1.82, 2.24) is 4.98 Å². The molecule has 3 nitrogen and oxygen atoms in total. The van der Waals surface area contributed by atoms with Gasteiger partial charge in [0.15, 0.2) is 0 Å². The van der Waals surface area contributed by atoms with Gasteiger partial charge in [-0.05, 0) is 37.1 Å². The number of aromatic hydroxyl groups is 2. The molecule has 0 bridgehead atoms. The molecule has 0 saturated heterocycles. The Morgan fingerprint density at radius 3 is 2.04 bits per heavy atom. The largest absolute Gasteiger partial charge is 0.508 e. The Morgan fingerprint density at radius 1 is 0.870 bits per heavy atom. The third-order valence-corrected chi connectivity index (χ3v) is 5.26. The van der Waals surface area contributed by atoms with Crippen LogP contribution in [-0.2, 0) is 10.8 Å². The fourth-order valence-electron chi connectivity index (χ4n) is 2.67. The molecule has 3 N–H and O–H groups in total. The Balaban J connectivity index is 2.73. The number of rotatable bonds is 5. The Kier molecular flexibility index (Phi) is 4.52. The number of benzene rings is 1. The van der Waals surface area contributed by atoms with Gasteiger partial charge in [0.05, 0.1) is 0 Å². The zero-order valence-electron chi connectivity index (χ0n) is 15.1. The molecule has 2 rings (SSSR count). The third kappa shape index (κ3) is 3.24. The van der Waals surface area contributed by atoms with Gasteiger partial charge in [-0.15, -0.1) is 0 Å². The summed E-state index contributed by atoms with van der Waals surface area (Å²) in [4.78, 5) is 3.62. The zero-order chi connectivity index (χ0) is 17.4. The van der Waals surface area contributed by atoms with Crippen LogP contribution in [-0.4, -0.2) is 15.2 Å². The molecule has 1 aromatic carbocycles. The first-order chi connectivity index (χ1) is 10.6. The van der Waals surface area contributed by atoms with E-state index >= 15 is 0 Å². The monoisotopic (exact) mass is 315 g/mol. The summed E-state index contributed by atoms with van der Waals surface area (Å²) in [5, 5.41) is 20.1. The molecular formula is C20H29NO2. The number of hydrogen-bond donors (Lipinski definition) is 3. The van der Waals surface area contributed by atoms with Gasteiger partial charge in [-0.3, -0.25) is 0 Å². The first-order valence-electron chi connectivity index (χ1n) is 8.38. The van der Waals surface area contributed by atoms with Gasteiger partial charge in [-0.1, -0.05) is 41.5 Å². The highest BCUT2D eigenvalue weighted by Crippen LogP contribution is 2.42. The summed E-state index contributed by atoms with van der Waals surface area (Å²) >= 11 is 0.